The lowest BCUT2D eigenvalue weighted by atomic mass is 10.2. The molecular weight excluding hydrogens is 348 g/mol. The number of hydrogen-bond acceptors (Lipinski definition) is 5. The molecule has 5 nitrogen and oxygen atoms in total. The molecule has 1 N–H and O–H groups in total. The Bertz CT molecular complexity index is 974. The first-order valence-corrected chi connectivity index (χ1v) is 8.76. The number of nitrogens with one attached hydrogen (secondary N) is 1. The lowest BCUT2D eigenvalue weighted by Crippen LogP contribution is -2.15. The molecule has 0 radical (unpaired) electrons. The summed E-state index contributed by atoms with van der Waals surface area (Å²) in [6, 6.07) is 10.9. The zero-order valence-corrected chi connectivity index (χ0v) is 14.1. The molecule has 7 heteroatoms. The lowest BCUT2D eigenvalue weighted by Gasteiger charge is -2.18. The molecule has 1 aromatic heterocycles. The third kappa shape index (κ3) is 3.07. The van der Waals surface area contributed by atoms with Gasteiger partial charge in [-0.15, -0.1) is 11.8 Å². The van der Waals surface area contributed by atoms with Crippen molar-refractivity contribution in [2.24, 2.45) is 0 Å². The Hall–Kier alpha value is -2.18. The van der Waals surface area contributed by atoms with Crippen molar-refractivity contribution >= 4 is 34.3 Å². The average Bonchev–Trinajstić information content (AvgIpc) is 2.59. The second kappa shape index (κ2) is 6.37. The van der Waals surface area contributed by atoms with Gasteiger partial charge in [-0.25, -0.2) is 4.98 Å². The Balaban J connectivity index is 1.57. The van der Waals surface area contributed by atoms with Crippen molar-refractivity contribution < 1.29 is 9.47 Å². The number of nitrogens with zero attached hydrogens (tertiary/aromatic N) is 1. The van der Waals surface area contributed by atoms with E-state index in [4.69, 9.17) is 21.1 Å². The SMILES string of the molecule is O=c1[nH]c(CSc2ccc3c(c2)OCCO3)nc2cc(Cl)ccc12. The maximum absolute atomic E-state index is 12.1. The monoisotopic (exact) mass is 360 g/mol. The van der Waals surface area contributed by atoms with Gasteiger partial charge < -0.3 is 14.5 Å². The van der Waals surface area contributed by atoms with Crippen LogP contribution in [-0.2, 0) is 5.75 Å². The number of halogens is 1. The van der Waals surface area contributed by atoms with Crippen LogP contribution in [0.4, 0.5) is 0 Å². The van der Waals surface area contributed by atoms with E-state index in [-0.39, 0.29) is 5.56 Å². The van der Waals surface area contributed by atoms with Crippen LogP contribution < -0.4 is 15.0 Å². The number of rotatable bonds is 3. The summed E-state index contributed by atoms with van der Waals surface area (Å²) in [7, 11) is 0. The molecule has 2 aromatic carbocycles. The number of aromatic amines is 1. The zero-order valence-electron chi connectivity index (χ0n) is 12.5. The predicted octanol–water partition coefficient (Wildman–Crippen LogP) is 3.64. The number of ether oxygens (including phenoxy) is 2. The van der Waals surface area contributed by atoms with Gasteiger partial charge in [-0.05, 0) is 36.4 Å². The highest BCUT2D eigenvalue weighted by atomic mass is 35.5. The molecule has 0 atom stereocenters. The van der Waals surface area contributed by atoms with Gasteiger partial charge in [0.25, 0.3) is 5.56 Å². The Labute approximate surface area is 147 Å². The molecule has 0 aliphatic carbocycles. The van der Waals surface area contributed by atoms with Crippen LogP contribution >= 0.6 is 23.4 Å². The van der Waals surface area contributed by atoms with Crippen molar-refractivity contribution in [3.63, 3.8) is 0 Å². The van der Waals surface area contributed by atoms with Crippen LogP contribution in [0.15, 0.2) is 46.1 Å². The van der Waals surface area contributed by atoms with Crippen LogP contribution in [0, 0.1) is 0 Å². The summed E-state index contributed by atoms with van der Waals surface area (Å²) in [6.07, 6.45) is 0. The number of thioether (sulfide) groups is 1. The van der Waals surface area contributed by atoms with Crippen LogP contribution in [-0.4, -0.2) is 23.2 Å². The highest BCUT2D eigenvalue weighted by Gasteiger charge is 2.12. The Kier molecular flexibility index (Phi) is 4.08. The van der Waals surface area contributed by atoms with E-state index in [9.17, 15) is 4.79 Å². The summed E-state index contributed by atoms with van der Waals surface area (Å²) in [5.74, 6) is 2.65. The normalized spacial score (nSPS) is 13.2. The summed E-state index contributed by atoms with van der Waals surface area (Å²) >= 11 is 7.55. The standard InChI is InChI=1S/C17H13ClN2O3S/c18-10-1-3-12-13(7-10)19-16(20-17(12)21)9-24-11-2-4-14-15(8-11)23-6-5-22-14/h1-4,7-8H,5-6,9H2,(H,19,20,21). The Morgan fingerprint density at radius 2 is 1.96 bits per heavy atom. The molecule has 0 saturated heterocycles. The molecule has 0 spiro atoms. The van der Waals surface area contributed by atoms with Crippen LogP contribution in [0.1, 0.15) is 5.82 Å². The number of fused-ring (bicyclic) bond motifs is 2. The van der Waals surface area contributed by atoms with Gasteiger partial charge in [0.1, 0.15) is 19.0 Å². The fourth-order valence-corrected chi connectivity index (χ4v) is 3.46. The molecule has 24 heavy (non-hydrogen) atoms. The zero-order chi connectivity index (χ0) is 16.5. The van der Waals surface area contributed by atoms with E-state index in [1.165, 1.54) is 0 Å². The lowest BCUT2D eigenvalue weighted by molar-refractivity contribution is 0.171. The minimum Gasteiger partial charge on any atom is -0.486 e. The molecule has 2 heterocycles. The van der Waals surface area contributed by atoms with Gasteiger partial charge >= 0.3 is 0 Å². The van der Waals surface area contributed by atoms with Crippen molar-refractivity contribution in [2.75, 3.05) is 13.2 Å². The van der Waals surface area contributed by atoms with E-state index < -0.39 is 0 Å². The van der Waals surface area contributed by atoms with Crippen molar-refractivity contribution in [2.45, 2.75) is 10.6 Å². The van der Waals surface area contributed by atoms with E-state index in [1.54, 1.807) is 30.0 Å². The number of H-pyrrole nitrogens is 1. The maximum atomic E-state index is 12.1. The molecule has 0 unspecified atom stereocenters. The van der Waals surface area contributed by atoms with E-state index in [1.807, 2.05) is 18.2 Å². The average molecular weight is 361 g/mol. The predicted molar refractivity (Wildman–Crippen MR) is 94.4 cm³/mol. The van der Waals surface area contributed by atoms with Crippen LogP contribution in [0.5, 0.6) is 11.5 Å². The number of hydrogen-bond donors (Lipinski definition) is 1. The molecule has 0 fully saturated rings. The minimum absolute atomic E-state index is 0.158. The topological polar surface area (TPSA) is 64.2 Å². The number of benzene rings is 2. The van der Waals surface area contributed by atoms with Gasteiger partial charge in [0.2, 0.25) is 0 Å². The summed E-state index contributed by atoms with van der Waals surface area (Å²) < 4.78 is 11.1. The van der Waals surface area contributed by atoms with Gasteiger partial charge in [-0.3, -0.25) is 4.79 Å². The molecule has 4 rings (SSSR count). The van der Waals surface area contributed by atoms with E-state index in [2.05, 4.69) is 9.97 Å². The van der Waals surface area contributed by atoms with Crippen molar-refractivity contribution in [3.05, 3.63) is 57.6 Å². The van der Waals surface area contributed by atoms with Crippen LogP contribution in [0.3, 0.4) is 0 Å². The quantitative estimate of drug-likeness (QED) is 0.722. The Morgan fingerprint density at radius 1 is 1.12 bits per heavy atom. The number of aromatic nitrogens is 2. The van der Waals surface area contributed by atoms with Crippen LogP contribution in [0.25, 0.3) is 10.9 Å². The molecule has 122 valence electrons. The molecule has 1 aliphatic heterocycles. The first kappa shape index (κ1) is 15.4. The summed E-state index contributed by atoms with van der Waals surface area (Å²) in [4.78, 5) is 20.4. The summed E-state index contributed by atoms with van der Waals surface area (Å²) in [5.41, 5.74) is 0.443. The fraction of sp³-hybridized carbons (Fsp3) is 0.176. The van der Waals surface area contributed by atoms with Gasteiger partial charge in [-0.2, -0.15) is 0 Å². The fourth-order valence-electron chi connectivity index (χ4n) is 2.49. The third-order valence-electron chi connectivity index (χ3n) is 3.61. The smallest absolute Gasteiger partial charge is 0.258 e. The van der Waals surface area contributed by atoms with Gasteiger partial charge in [0.05, 0.1) is 16.7 Å². The summed E-state index contributed by atoms with van der Waals surface area (Å²) in [5, 5.41) is 1.10. The van der Waals surface area contributed by atoms with Gasteiger partial charge in [-0.1, -0.05) is 11.6 Å². The Morgan fingerprint density at radius 3 is 2.83 bits per heavy atom. The first-order valence-electron chi connectivity index (χ1n) is 7.40. The second-order valence-electron chi connectivity index (χ2n) is 5.27. The van der Waals surface area contributed by atoms with Crippen molar-refractivity contribution in [1.29, 1.82) is 0 Å². The molecule has 0 bridgehead atoms. The third-order valence-corrected chi connectivity index (χ3v) is 4.85. The van der Waals surface area contributed by atoms with E-state index in [0.29, 0.717) is 40.7 Å². The van der Waals surface area contributed by atoms with Gasteiger partial charge in [0.15, 0.2) is 11.5 Å². The van der Waals surface area contributed by atoms with Crippen molar-refractivity contribution in [1.82, 2.24) is 9.97 Å². The first-order chi connectivity index (χ1) is 11.7. The van der Waals surface area contributed by atoms with Crippen LogP contribution in [0.2, 0.25) is 5.02 Å². The van der Waals surface area contributed by atoms with E-state index in [0.717, 1.165) is 16.4 Å². The van der Waals surface area contributed by atoms with E-state index >= 15 is 0 Å². The largest absolute Gasteiger partial charge is 0.486 e. The second-order valence-corrected chi connectivity index (χ2v) is 6.75. The van der Waals surface area contributed by atoms with Gasteiger partial charge in [0, 0.05) is 9.92 Å². The summed E-state index contributed by atoms with van der Waals surface area (Å²) in [6.45, 7) is 1.13. The molecule has 0 saturated carbocycles. The van der Waals surface area contributed by atoms with Crippen molar-refractivity contribution in [3.8, 4) is 11.5 Å². The molecular formula is C17H13ClN2O3S. The highest BCUT2D eigenvalue weighted by Crippen LogP contribution is 2.34. The molecule has 1 aliphatic rings. The molecule has 3 aromatic rings. The molecule has 0 amide bonds. The highest BCUT2D eigenvalue weighted by molar-refractivity contribution is 7.98. The minimum atomic E-state index is -0.158. The maximum Gasteiger partial charge on any atom is 0.258 e.